The average molecular weight is 365 g/mol. The molecule has 1 aromatic rings. The number of hydrogen-bond acceptors (Lipinski definition) is 6. The van der Waals surface area contributed by atoms with E-state index >= 15 is 0 Å². The van der Waals surface area contributed by atoms with Crippen molar-refractivity contribution >= 4 is 23.4 Å². The Balaban J connectivity index is 1.58. The second-order valence-corrected chi connectivity index (χ2v) is 7.55. The third-order valence-corrected chi connectivity index (χ3v) is 3.87. The van der Waals surface area contributed by atoms with Crippen LogP contribution in [0.4, 0.5) is 10.5 Å². The van der Waals surface area contributed by atoms with Gasteiger partial charge in [0.15, 0.2) is 10.8 Å². The van der Waals surface area contributed by atoms with Gasteiger partial charge in [0.05, 0.1) is 30.9 Å². The Morgan fingerprint density at radius 1 is 1.40 bits per heavy atom. The summed E-state index contributed by atoms with van der Waals surface area (Å²) in [5.41, 5.74) is 0.814. The molecule has 7 nitrogen and oxygen atoms in total. The van der Waals surface area contributed by atoms with Crippen LogP contribution in [0.3, 0.4) is 0 Å². The first-order valence-corrected chi connectivity index (χ1v) is 8.55. The predicted molar refractivity (Wildman–Crippen MR) is 93.4 cm³/mol. The van der Waals surface area contributed by atoms with Crippen molar-refractivity contribution in [2.75, 3.05) is 31.6 Å². The third kappa shape index (κ3) is 4.74. The number of ether oxygens (including phenoxy) is 2. The zero-order valence-electron chi connectivity index (χ0n) is 14.5. The summed E-state index contributed by atoms with van der Waals surface area (Å²) in [7, 11) is 0. The summed E-state index contributed by atoms with van der Waals surface area (Å²) in [5.74, 6) is 6.28. The summed E-state index contributed by atoms with van der Waals surface area (Å²) < 4.78 is 10.5. The second-order valence-electron chi connectivity index (χ2n) is 7.16. The van der Waals surface area contributed by atoms with Gasteiger partial charge >= 0.3 is 6.09 Å². The fourth-order valence-electron chi connectivity index (χ4n) is 2.33. The number of halogens is 1. The fraction of sp³-hybridized carbons (Fsp3) is 0.588. The van der Waals surface area contributed by atoms with Gasteiger partial charge in [-0.25, -0.2) is 4.79 Å². The molecular formula is C17H21ClN4O3. The van der Waals surface area contributed by atoms with E-state index in [1.54, 1.807) is 11.0 Å². The molecule has 0 saturated carbocycles. The van der Waals surface area contributed by atoms with Crippen molar-refractivity contribution in [1.82, 2.24) is 15.1 Å². The fourth-order valence-corrected chi connectivity index (χ4v) is 2.47. The quantitative estimate of drug-likeness (QED) is 0.810. The molecule has 3 rings (SSSR count). The maximum absolute atomic E-state index is 11.9. The molecular weight excluding hydrogens is 344 g/mol. The highest BCUT2D eigenvalue weighted by atomic mass is 35.5. The Hall–Kier alpha value is -2.04. The van der Waals surface area contributed by atoms with Crippen molar-refractivity contribution in [2.24, 2.45) is 5.92 Å². The van der Waals surface area contributed by atoms with Gasteiger partial charge in [0, 0.05) is 19.2 Å². The van der Waals surface area contributed by atoms with Gasteiger partial charge in [-0.15, -0.1) is 10.2 Å². The van der Waals surface area contributed by atoms with Crippen LogP contribution >= 0.6 is 11.6 Å². The molecule has 0 spiro atoms. The van der Waals surface area contributed by atoms with Crippen molar-refractivity contribution in [3.05, 3.63) is 16.9 Å². The molecule has 2 aliphatic heterocycles. The SMILES string of the molecule is CC(C)(C)OC(=O)N1CC(C#Cc2nnc(Cl)cc2NC2COC2)C1. The summed E-state index contributed by atoms with van der Waals surface area (Å²) in [6.45, 7) is 7.97. The van der Waals surface area contributed by atoms with E-state index in [4.69, 9.17) is 21.1 Å². The Morgan fingerprint density at radius 2 is 2.12 bits per heavy atom. The Labute approximate surface area is 152 Å². The number of nitrogens with one attached hydrogen (secondary N) is 1. The number of likely N-dealkylation sites (tertiary alicyclic amines) is 1. The molecule has 1 N–H and O–H groups in total. The van der Waals surface area contributed by atoms with Crippen LogP contribution in [0.2, 0.25) is 5.15 Å². The van der Waals surface area contributed by atoms with Crippen molar-refractivity contribution in [3.63, 3.8) is 0 Å². The molecule has 134 valence electrons. The zero-order chi connectivity index (χ0) is 18.0. The minimum atomic E-state index is -0.488. The molecule has 0 atom stereocenters. The van der Waals surface area contributed by atoms with Crippen LogP contribution in [0.25, 0.3) is 0 Å². The third-order valence-electron chi connectivity index (χ3n) is 3.69. The lowest BCUT2D eigenvalue weighted by Crippen LogP contribution is -2.51. The predicted octanol–water partition coefficient (Wildman–Crippen LogP) is 2.16. The molecule has 1 amide bonds. The lowest BCUT2D eigenvalue weighted by molar-refractivity contribution is 0.00592. The first kappa shape index (κ1) is 17.8. The largest absolute Gasteiger partial charge is 0.444 e. The van der Waals surface area contributed by atoms with Crippen LogP contribution in [-0.4, -0.2) is 59.1 Å². The molecule has 2 saturated heterocycles. The van der Waals surface area contributed by atoms with E-state index in [0.717, 1.165) is 5.69 Å². The number of carbonyl (C=O) groups excluding carboxylic acids is 1. The maximum Gasteiger partial charge on any atom is 0.410 e. The van der Waals surface area contributed by atoms with Crippen molar-refractivity contribution in [1.29, 1.82) is 0 Å². The number of hydrogen-bond donors (Lipinski definition) is 1. The van der Waals surface area contributed by atoms with Gasteiger partial charge in [-0.1, -0.05) is 17.5 Å². The number of anilines is 1. The second kappa shape index (κ2) is 7.06. The Bertz CT molecular complexity index is 713. The van der Waals surface area contributed by atoms with Gasteiger partial charge in [-0.2, -0.15) is 0 Å². The topological polar surface area (TPSA) is 76.6 Å². The molecule has 0 aromatic carbocycles. The highest BCUT2D eigenvalue weighted by Gasteiger charge is 2.32. The van der Waals surface area contributed by atoms with Crippen LogP contribution in [0.5, 0.6) is 0 Å². The van der Waals surface area contributed by atoms with E-state index in [0.29, 0.717) is 37.2 Å². The summed E-state index contributed by atoms with van der Waals surface area (Å²) in [5, 5.41) is 11.5. The summed E-state index contributed by atoms with van der Waals surface area (Å²) in [6.07, 6.45) is -0.302. The molecule has 0 aliphatic carbocycles. The van der Waals surface area contributed by atoms with E-state index in [2.05, 4.69) is 27.4 Å². The van der Waals surface area contributed by atoms with E-state index in [1.165, 1.54) is 0 Å². The molecule has 25 heavy (non-hydrogen) atoms. The first-order valence-electron chi connectivity index (χ1n) is 8.17. The normalized spacial score (nSPS) is 17.8. The van der Waals surface area contributed by atoms with Crippen molar-refractivity contribution in [3.8, 4) is 11.8 Å². The standard InChI is InChI=1S/C17H21ClN4O3/c1-17(2,3)25-16(23)22-7-11(8-22)4-5-13-14(6-15(18)21-20-13)19-12-9-24-10-12/h6,11-12H,7-10H2,1-3H3,(H,19,21). The lowest BCUT2D eigenvalue weighted by atomic mass is 10.0. The van der Waals surface area contributed by atoms with Crippen molar-refractivity contribution in [2.45, 2.75) is 32.4 Å². The van der Waals surface area contributed by atoms with Crippen molar-refractivity contribution < 1.29 is 14.3 Å². The first-order chi connectivity index (χ1) is 11.8. The molecule has 0 bridgehead atoms. The molecule has 2 aliphatic rings. The van der Waals surface area contributed by atoms with Crippen LogP contribution < -0.4 is 5.32 Å². The Kier molecular flexibility index (Phi) is 5.02. The number of rotatable bonds is 2. The minimum absolute atomic E-state index is 0.102. The van der Waals surface area contributed by atoms with Crippen LogP contribution in [0.15, 0.2) is 6.07 Å². The highest BCUT2D eigenvalue weighted by molar-refractivity contribution is 6.29. The van der Waals surface area contributed by atoms with Gasteiger partial charge in [0.2, 0.25) is 0 Å². The van der Waals surface area contributed by atoms with E-state index in [1.807, 2.05) is 20.8 Å². The number of nitrogens with zero attached hydrogens (tertiary/aromatic N) is 3. The van der Waals surface area contributed by atoms with Gasteiger partial charge in [-0.3, -0.25) is 0 Å². The van der Waals surface area contributed by atoms with Crippen LogP contribution in [0.1, 0.15) is 26.5 Å². The summed E-state index contributed by atoms with van der Waals surface area (Å²) in [6, 6.07) is 1.96. The number of carbonyl (C=O) groups is 1. The highest BCUT2D eigenvalue weighted by Crippen LogP contribution is 2.21. The minimum Gasteiger partial charge on any atom is -0.444 e. The van der Waals surface area contributed by atoms with Gasteiger partial charge in [-0.05, 0) is 26.7 Å². The van der Waals surface area contributed by atoms with E-state index in [9.17, 15) is 4.79 Å². The monoisotopic (exact) mass is 364 g/mol. The van der Waals surface area contributed by atoms with Gasteiger partial charge in [0.1, 0.15) is 5.60 Å². The zero-order valence-corrected chi connectivity index (χ0v) is 15.3. The molecule has 1 aromatic heterocycles. The summed E-state index contributed by atoms with van der Waals surface area (Å²) in [4.78, 5) is 13.6. The average Bonchev–Trinajstić information content (AvgIpc) is 2.41. The van der Waals surface area contributed by atoms with Crippen LogP contribution in [-0.2, 0) is 9.47 Å². The molecule has 3 heterocycles. The van der Waals surface area contributed by atoms with Gasteiger partial charge < -0.3 is 19.7 Å². The molecule has 0 radical (unpaired) electrons. The van der Waals surface area contributed by atoms with Crippen LogP contribution in [0, 0.1) is 17.8 Å². The summed E-state index contributed by atoms with van der Waals surface area (Å²) >= 11 is 5.92. The van der Waals surface area contributed by atoms with Gasteiger partial charge in [0.25, 0.3) is 0 Å². The number of aromatic nitrogens is 2. The smallest absolute Gasteiger partial charge is 0.410 e. The van der Waals surface area contributed by atoms with E-state index in [-0.39, 0.29) is 18.1 Å². The molecule has 8 heteroatoms. The maximum atomic E-state index is 11.9. The van der Waals surface area contributed by atoms with E-state index < -0.39 is 5.60 Å². The Morgan fingerprint density at radius 3 is 2.72 bits per heavy atom. The lowest BCUT2D eigenvalue weighted by Gasteiger charge is -2.37. The molecule has 2 fully saturated rings. The number of amides is 1. The molecule has 0 unspecified atom stereocenters.